The lowest BCUT2D eigenvalue weighted by atomic mass is 10.0. The first-order valence-electron chi connectivity index (χ1n) is 6.40. The van der Waals surface area contributed by atoms with Crippen LogP contribution in [0.3, 0.4) is 0 Å². The van der Waals surface area contributed by atoms with Crippen molar-refractivity contribution in [2.24, 2.45) is 5.92 Å². The van der Waals surface area contributed by atoms with E-state index in [0.717, 1.165) is 32.4 Å². The average Bonchev–Trinajstić information content (AvgIpc) is 2.53. The topological polar surface area (TPSA) is 3.24 Å². The molecular formula is C14H18ClF2N. The van der Waals surface area contributed by atoms with Crippen LogP contribution < -0.4 is 4.90 Å². The minimum absolute atomic E-state index is 0.109. The highest BCUT2D eigenvalue weighted by molar-refractivity contribution is 6.17. The highest BCUT2D eigenvalue weighted by Crippen LogP contribution is 2.28. The number of nitrogens with zero attached hydrogens (tertiary/aromatic N) is 1. The second kappa shape index (κ2) is 5.87. The van der Waals surface area contributed by atoms with Crippen molar-refractivity contribution >= 4 is 17.3 Å². The number of anilines is 1. The number of hydrogen-bond acceptors (Lipinski definition) is 1. The van der Waals surface area contributed by atoms with Gasteiger partial charge in [-0.2, -0.15) is 0 Å². The molecule has 0 N–H and O–H groups in total. The Morgan fingerprint density at radius 2 is 1.89 bits per heavy atom. The summed E-state index contributed by atoms with van der Waals surface area (Å²) in [6, 6.07) is 2.67. The molecule has 0 saturated carbocycles. The normalized spacial score (nSPS) is 20.9. The van der Waals surface area contributed by atoms with Crippen LogP contribution in [-0.2, 0) is 5.88 Å². The quantitative estimate of drug-likeness (QED) is 0.725. The lowest BCUT2D eigenvalue weighted by molar-refractivity contribution is 0.519. The van der Waals surface area contributed by atoms with Gasteiger partial charge in [0.2, 0.25) is 0 Å². The summed E-state index contributed by atoms with van der Waals surface area (Å²) in [6.45, 7) is 3.63. The van der Waals surface area contributed by atoms with Crippen LogP contribution in [0, 0.1) is 17.6 Å². The summed E-state index contributed by atoms with van der Waals surface area (Å²) >= 11 is 5.61. The third-order valence-corrected chi connectivity index (χ3v) is 3.87. The molecule has 1 saturated heterocycles. The van der Waals surface area contributed by atoms with Gasteiger partial charge in [0.05, 0.1) is 0 Å². The number of halogens is 3. The number of benzene rings is 1. The molecule has 0 spiro atoms. The Kier molecular flexibility index (Phi) is 4.44. The molecule has 1 atom stereocenters. The van der Waals surface area contributed by atoms with Crippen molar-refractivity contribution in [1.82, 2.24) is 0 Å². The van der Waals surface area contributed by atoms with Gasteiger partial charge in [-0.3, -0.25) is 0 Å². The van der Waals surface area contributed by atoms with E-state index in [0.29, 0.717) is 11.5 Å². The van der Waals surface area contributed by atoms with Gasteiger partial charge in [-0.25, -0.2) is 8.78 Å². The second-order valence-electron chi connectivity index (χ2n) is 5.06. The van der Waals surface area contributed by atoms with E-state index in [9.17, 15) is 8.78 Å². The zero-order valence-corrected chi connectivity index (χ0v) is 11.3. The van der Waals surface area contributed by atoms with Crippen LogP contribution in [-0.4, -0.2) is 13.1 Å². The van der Waals surface area contributed by atoms with Crippen molar-refractivity contribution in [3.63, 3.8) is 0 Å². The predicted molar refractivity (Wildman–Crippen MR) is 71.1 cm³/mol. The van der Waals surface area contributed by atoms with Crippen molar-refractivity contribution in [3.05, 3.63) is 29.3 Å². The van der Waals surface area contributed by atoms with Gasteiger partial charge in [0.15, 0.2) is 0 Å². The Morgan fingerprint density at radius 1 is 1.22 bits per heavy atom. The van der Waals surface area contributed by atoms with Crippen molar-refractivity contribution in [2.75, 3.05) is 18.0 Å². The first-order chi connectivity index (χ1) is 8.61. The van der Waals surface area contributed by atoms with Crippen LogP contribution in [0.2, 0.25) is 0 Å². The Bertz CT molecular complexity index is 399. The van der Waals surface area contributed by atoms with Crippen LogP contribution in [0.15, 0.2) is 12.1 Å². The molecule has 0 bridgehead atoms. The molecule has 1 fully saturated rings. The molecular weight excluding hydrogens is 256 g/mol. The lowest BCUT2D eigenvalue weighted by Gasteiger charge is -2.24. The molecule has 1 nitrogen and oxygen atoms in total. The van der Waals surface area contributed by atoms with E-state index in [1.165, 1.54) is 12.1 Å². The van der Waals surface area contributed by atoms with Crippen LogP contribution in [0.25, 0.3) is 0 Å². The van der Waals surface area contributed by atoms with Crippen molar-refractivity contribution in [2.45, 2.75) is 32.1 Å². The van der Waals surface area contributed by atoms with E-state index in [4.69, 9.17) is 11.6 Å². The molecule has 18 heavy (non-hydrogen) atoms. The molecule has 0 amide bonds. The molecule has 4 heteroatoms. The van der Waals surface area contributed by atoms with Crippen LogP contribution in [0.5, 0.6) is 0 Å². The smallest absolute Gasteiger partial charge is 0.149 e. The molecule has 0 radical (unpaired) electrons. The third-order valence-electron chi connectivity index (χ3n) is 3.56. The molecule has 100 valence electrons. The SMILES string of the molecule is CC1CCCN(c2c(F)cc(CCl)cc2F)CC1. The Morgan fingerprint density at radius 3 is 2.50 bits per heavy atom. The zero-order valence-electron chi connectivity index (χ0n) is 10.6. The summed E-state index contributed by atoms with van der Waals surface area (Å²) in [5.74, 6) is -0.242. The van der Waals surface area contributed by atoms with E-state index in [2.05, 4.69) is 6.92 Å². The minimum Gasteiger partial charge on any atom is -0.367 e. The van der Waals surface area contributed by atoms with Crippen molar-refractivity contribution in [3.8, 4) is 0 Å². The molecule has 1 heterocycles. The number of hydrogen-bond donors (Lipinski definition) is 0. The van der Waals surface area contributed by atoms with E-state index >= 15 is 0 Å². The molecule has 1 aliphatic heterocycles. The van der Waals surface area contributed by atoms with E-state index in [1.807, 2.05) is 4.90 Å². The summed E-state index contributed by atoms with van der Waals surface area (Å²) in [5, 5.41) is 0. The molecule has 1 aliphatic rings. The maximum absolute atomic E-state index is 14.0. The van der Waals surface area contributed by atoms with E-state index < -0.39 is 11.6 Å². The fourth-order valence-corrected chi connectivity index (χ4v) is 2.64. The van der Waals surface area contributed by atoms with Crippen LogP contribution >= 0.6 is 11.6 Å². The van der Waals surface area contributed by atoms with E-state index in [-0.39, 0.29) is 11.6 Å². The van der Waals surface area contributed by atoms with Gasteiger partial charge in [-0.05, 0) is 42.9 Å². The van der Waals surface area contributed by atoms with Gasteiger partial charge in [0.25, 0.3) is 0 Å². The average molecular weight is 274 g/mol. The third kappa shape index (κ3) is 2.94. The van der Waals surface area contributed by atoms with Gasteiger partial charge in [-0.1, -0.05) is 6.92 Å². The first kappa shape index (κ1) is 13.6. The van der Waals surface area contributed by atoms with Gasteiger partial charge in [0.1, 0.15) is 17.3 Å². The maximum atomic E-state index is 14.0. The first-order valence-corrected chi connectivity index (χ1v) is 6.94. The Balaban J connectivity index is 2.27. The zero-order chi connectivity index (χ0) is 13.1. The summed E-state index contributed by atoms with van der Waals surface area (Å²) in [5.41, 5.74) is 0.594. The summed E-state index contributed by atoms with van der Waals surface area (Å²) in [4.78, 5) is 1.83. The molecule has 0 aromatic heterocycles. The van der Waals surface area contributed by atoms with Crippen molar-refractivity contribution in [1.29, 1.82) is 0 Å². The largest absolute Gasteiger partial charge is 0.367 e. The summed E-state index contributed by atoms with van der Waals surface area (Å²) < 4.78 is 27.9. The Labute approximate surface area is 112 Å². The van der Waals surface area contributed by atoms with E-state index in [1.54, 1.807) is 0 Å². The predicted octanol–water partition coefficient (Wildman–Crippen LogP) is 4.33. The van der Waals surface area contributed by atoms with Crippen LogP contribution in [0.1, 0.15) is 31.7 Å². The molecule has 1 aromatic carbocycles. The number of alkyl halides is 1. The molecule has 2 rings (SSSR count). The fraction of sp³-hybridized carbons (Fsp3) is 0.571. The second-order valence-corrected chi connectivity index (χ2v) is 5.33. The summed E-state index contributed by atoms with van der Waals surface area (Å²) in [7, 11) is 0. The van der Waals surface area contributed by atoms with Gasteiger partial charge in [0, 0.05) is 19.0 Å². The highest BCUT2D eigenvalue weighted by atomic mass is 35.5. The lowest BCUT2D eigenvalue weighted by Crippen LogP contribution is -2.26. The Hall–Kier alpha value is -0.830. The fourth-order valence-electron chi connectivity index (χ4n) is 2.48. The van der Waals surface area contributed by atoms with Gasteiger partial charge < -0.3 is 4.90 Å². The minimum atomic E-state index is -0.500. The monoisotopic (exact) mass is 273 g/mol. The standard InChI is InChI=1S/C14H18ClF2N/c1-10-3-2-5-18(6-4-10)14-12(16)7-11(9-15)8-13(14)17/h7-8,10H,2-6,9H2,1H3. The van der Waals surface area contributed by atoms with Crippen molar-refractivity contribution < 1.29 is 8.78 Å². The van der Waals surface area contributed by atoms with Crippen LogP contribution in [0.4, 0.5) is 14.5 Å². The van der Waals surface area contributed by atoms with Gasteiger partial charge >= 0.3 is 0 Å². The molecule has 0 aliphatic carbocycles. The van der Waals surface area contributed by atoms with Gasteiger partial charge in [-0.15, -0.1) is 11.6 Å². The molecule has 1 unspecified atom stereocenters. The summed E-state index contributed by atoms with van der Waals surface area (Å²) in [6.07, 6.45) is 3.09. The highest BCUT2D eigenvalue weighted by Gasteiger charge is 2.20. The number of rotatable bonds is 2. The maximum Gasteiger partial charge on any atom is 0.149 e. The molecule has 1 aromatic rings.